The van der Waals surface area contributed by atoms with E-state index < -0.39 is 30.4 Å². The third kappa shape index (κ3) is 4.05. The Balaban J connectivity index is 1.89. The molecule has 0 saturated heterocycles. The summed E-state index contributed by atoms with van der Waals surface area (Å²) in [7, 11) is 0. The summed E-state index contributed by atoms with van der Waals surface area (Å²) in [6.07, 6.45) is -6.36. The number of aliphatic hydroxyl groups is 1. The van der Waals surface area contributed by atoms with Gasteiger partial charge in [0.25, 0.3) is 6.43 Å². The molecule has 12 heteroatoms. The van der Waals surface area contributed by atoms with E-state index in [-0.39, 0.29) is 5.69 Å². The molecule has 3 aromatic heterocycles. The molecule has 7 nitrogen and oxygen atoms in total. The van der Waals surface area contributed by atoms with Crippen molar-refractivity contribution in [1.82, 2.24) is 30.2 Å². The van der Waals surface area contributed by atoms with E-state index in [1.807, 2.05) is 0 Å². The minimum absolute atomic E-state index is 0.0544. The smallest absolute Gasteiger partial charge is 0.384 e. The number of hydrogen-bond donors (Lipinski definition) is 1. The van der Waals surface area contributed by atoms with E-state index in [0.717, 1.165) is 23.3 Å². The summed E-state index contributed by atoms with van der Waals surface area (Å²) >= 11 is 0. The van der Waals surface area contributed by atoms with Crippen LogP contribution in [0.25, 0.3) is 11.1 Å². The van der Waals surface area contributed by atoms with E-state index in [4.69, 9.17) is 0 Å². The van der Waals surface area contributed by atoms with Crippen molar-refractivity contribution >= 4 is 0 Å². The third-order valence-corrected chi connectivity index (χ3v) is 3.71. The highest BCUT2D eigenvalue weighted by Gasteiger charge is 2.33. The molecule has 3 aromatic rings. The number of aromatic nitrogens is 6. The molecule has 0 spiro atoms. The topological polar surface area (TPSA) is 89.6 Å². The van der Waals surface area contributed by atoms with Gasteiger partial charge in [-0.1, -0.05) is 12.1 Å². The fourth-order valence-electron chi connectivity index (χ4n) is 2.38. The van der Waals surface area contributed by atoms with Gasteiger partial charge in [0, 0.05) is 23.5 Å². The second kappa shape index (κ2) is 7.31. The highest BCUT2D eigenvalue weighted by atomic mass is 19.4. The van der Waals surface area contributed by atoms with Crippen LogP contribution in [0.4, 0.5) is 22.0 Å². The molecule has 1 N–H and O–H groups in total. The first-order valence-electron chi connectivity index (χ1n) is 7.45. The van der Waals surface area contributed by atoms with Crippen LogP contribution in [0.3, 0.4) is 0 Å². The zero-order chi connectivity index (χ0) is 19.6. The van der Waals surface area contributed by atoms with Gasteiger partial charge >= 0.3 is 6.18 Å². The quantitative estimate of drug-likeness (QED) is 0.678. The van der Waals surface area contributed by atoms with E-state index in [9.17, 15) is 27.1 Å². The molecule has 2 unspecified atom stereocenters. The lowest BCUT2D eigenvalue weighted by molar-refractivity contribution is -0.141. The van der Waals surface area contributed by atoms with Gasteiger partial charge in [-0.15, -0.1) is 5.10 Å². The van der Waals surface area contributed by atoms with E-state index in [1.54, 1.807) is 0 Å². The van der Waals surface area contributed by atoms with Crippen molar-refractivity contribution in [3.8, 4) is 11.1 Å². The second-order valence-corrected chi connectivity index (χ2v) is 5.46. The molecule has 3 rings (SSSR count). The summed E-state index contributed by atoms with van der Waals surface area (Å²) in [5.41, 5.74) is -0.203. The summed E-state index contributed by atoms with van der Waals surface area (Å²) in [5.74, 6) is 0. The lowest BCUT2D eigenvalue weighted by Gasteiger charge is -2.21. The Morgan fingerprint density at radius 2 is 1.63 bits per heavy atom. The Labute approximate surface area is 148 Å². The Hall–Kier alpha value is -3.02. The van der Waals surface area contributed by atoms with Crippen molar-refractivity contribution in [3.63, 3.8) is 0 Å². The minimum Gasteiger partial charge on any atom is -0.384 e. The summed E-state index contributed by atoms with van der Waals surface area (Å²) < 4.78 is 64.6. The number of hydrogen-bond acceptors (Lipinski definition) is 6. The van der Waals surface area contributed by atoms with E-state index in [0.29, 0.717) is 11.1 Å². The van der Waals surface area contributed by atoms with Crippen LogP contribution < -0.4 is 0 Å². The average molecular weight is 386 g/mol. The lowest BCUT2D eigenvalue weighted by atomic mass is 10.0. The Kier molecular flexibility index (Phi) is 5.08. The Bertz CT molecular complexity index is 867. The molecule has 0 amide bonds. The maximum absolute atomic E-state index is 13.0. The fourth-order valence-corrected chi connectivity index (χ4v) is 2.38. The molecular weight excluding hydrogens is 375 g/mol. The van der Waals surface area contributed by atoms with Gasteiger partial charge < -0.3 is 5.11 Å². The molecule has 0 bridgehead atoms. The Morgan fingerprint density at radius 3 is 2.07 bits per heavy atom. The first-order chi connectivity index (χ1) is 12.8. The van der Waals surface area contributed by atoms with Crippen molar-refractivity contribution in [3.05, 3.63) is 54.4 Å². The largest absolute Gasteiger partial charge is 0.433 e. The standard InChI is InChI=1S/C15H11F5N6O/c16-14(17)13(27)12(26-7-23-24-25-26)10-3-1-8(5-21-10)9-2-4-11(22-6-9)15(18,19)20/h1-7,12-14,27H. The number of aliphatic hydroxyl groups excluding tert-OH is 1. The number of alkyl halides is 5. The van der Waals surface area contributed by atoms with Crippen LogP contribution in [0, 0.1) is 0 Å². The normalized spacial score (nSPS) is 14.3. The zero-order valence-corrected chi connectivity index (χ0v) is 13.3. The molecule has 0 radical (unpaired) electrons. The predicted molar refractivity (Wildman–Crippen MR) is 80.4 cm³/mol. The molecular formula is C15H11F5N6O. The number of nitrogens with zero attached hydrogens (tertiary/aromatic N) is 6. The van der Waals surface area contributed by atoms with Crippen molar-refractivity contribution in [1.29, 1.82) is 0 Å². The molecule has 0 saturated carbocycles. The average Bonchev–Trinajstić information content (AvgIpc) is 3.16. The summed E-state index contributed by atoms with van der Waals surface area (Å²) in [6.45, 7) is 0. The van der Waals surface area contributed by atoms with Crippen LogP contribution in [0.2, 0.25) is 0 Å². The summed E-state index contributed by atoms with van der Waals surface area (Å²) in [6, 6.07) is 3.53. The monoisotopic (exact) mass is 386 g/mol. The molecule has 0 aliphatic carbocycles. The van der Waals surface area contributed by atoms with E-state index >= 15 is 0 Å². The van der Waals surface area contributed by atoms with Gasteiger partial charge in [0.2, 0.25) is 0 Å². The fraction of sp³-hybridized carbons (Fsp3) is 0.267. The van der Waals surface area contributed by atoms with Gasteiger partial charge in [-0.25, -0.2) is 13.5 Å². The number of halogens is 5. The molecule has 142 valence electrons. The van der Waals surface area contributed by atoms with Gasteiger partial charge in [0.05, 0.1) is 5.69 Å². The number of rotatable bonds is 5. The SMILES string of the molecule is OC(C(F)F)C(c1ccc(-c2ccc(C(F)(F)F)nc2)cn1)n1cnnn1. The van der Waals surface area contributed by atoms with Gasteiger partial charge in [-0.2, -0.15) is 13.2 Å². The highest BCUT2D eigenvalue weighted by Crippen LogP contribution is 2.29. The molecule has 2 atom stereocenters. The maximum Gasteiger partial charge on any atom is 0.433 e. The second-order valence-electron chi connectivity index (χ2n) is 5.46. The predicted octanol–water partition coefficient (Wildman–Crippen LogP) is 2.36. The van der Waals surface area contributed by atoms with Crippen molar-refractivity contribution in [2.75, 3.05) is 0 Å². The molecule has 0 aromatic carbocycles. The lowest BCUT2D eigenvalue weighted by Crippen LogP contribution is -2.32. The van der Waals surface area contributed by atoms with Crippen LogP contribution in [0.1, 0.15) is 17.4 Å². The van der Waals surface area contributed by atoms with Gasteiger partial charge in [0.1, 0.15) is 24.2 Å². The minimum atomic E-state index is -4.55. The van der Waals surface area contributed by atoms with Crippen molar-refractivity contribution in [2.24, 2.45) is 0 Å². The molecule has 0 aliphatic heterocycles. The highest BCUT2D eigenvalue weighted by molar-refractivity contribution is 5.61. The van der Waals surface area contributed by atoms with E-state index in [1.165, 1.54) is 24.4 Å². The van der Waals surface area contributed by atoms with Crippen LogP contribution in [-0.4, -0.2) is 47.8 Å². The Morgan fingerprint density at radius 1 is 0.963 bits per heavy atom. The summed E-state index contributed by atoms with van der Waals surface area (Å²) in [4.78, 5) is 7.38. The molecule has 0 fully saturated rings. The molecule has 27 heavy (non-hydrogen) atoms. The number of tetrazole rings is 1. The first-order valence-corrected chi connectivity index (χ1v) is 7.45. The third-order valence-electron chi connectivity index (χ3n) is 3.71. The van der Waals surface area contributed by atoms with Crippen LogP contribution in [0.5, 0.6) is 0 Å². The van der Waals surface area contributed by atoms with E-state index in [2.05, 4.69) is 25.5 Å². The van der Waals surface area contributed by atoms with Gasteiger partial charge in [-0.05, 0) is 22.6 Å². The van der Waals surface area contributed by atoms with Crippen molar-refractivity contribution in [2.45, 2.75) is 24.7 Å². The summed E-state index contributed by atoms with van der Waals surface area (Å²) in [5, 5.41) is 20.0. The van der Waals surface area contributed by atoms with Gasteiger partial charge in [0.15, 0.2) is 0 Å². The zero-order valence-electron chi connectivity index (χ0n) is 13.3. The molecule has 0 aliphatic rings. The van der Waals surface area contributed by atoms with Crippen LogP contribution in [-0.2, 0) is 6.18 Å². The first kappa shape index (κ1) is 18.8. The van der Waals surface area contributed by atoms with Crippen LogP contribution in [0.15, 0.2) is 43.0 Å². The molecule has 3 heterocycles. The van der Waals surface area contributed by atoms with Crippen molar-refractivity contribution < 1.29 is 27.1 Å². The van der Waals surface area contributed by atoms with Gasteiger partial charge in [-0.3, -0.25) is 9.97 Å². The maximum atomic E-state index is 13.0. The van der Waals surface area contributed by atoms with Crippen LogP contribution >= 0.6 is 0 Å². The number of pyridine rings is 2.